The second-order valence-electron chi connectivity index (χ2n) is 5.82. The summed E-state index contributed by atoms with van der Waals surface area (Å²) < 4.78 is 0. The number of carboxylic acid groups (broad SMARTS) is 1. The summed E-state index contributed by atoms with van der Waals surface area (Å²) in [5.74, 6) is -0.972. The molecule has 0 spiro atoms. The van der Waals surface area contributed by atoms with E-state index in [1.807, 2.05) is 6.07 Å². The SMILES string of the molecule is CCN(CCCC(=O)[O-])c1ccccc1C(C)(C)C.[Na+]. The van der Waals surface area contributed by atoms with E-state index >= 15 is 0 Å². The van der Waals surface area contributed by atoms with Crippen LogP contribution in [0.15, 0.2) is 24.3 Å². The van der Waals surface area contributed by atoms with Gasteiger partial charge >= 0.3 is 29.6 Å². The minimum Gasteiger partial charge on any atom is -0.550 e. The van der Waals surface area contributed by atoms with E-state index in [0.29, 0.717) is 6.42 Å². The van der Waals surface area contributed by atoms with Crippen LogP contribution in [0.1, 0.15) is 46.1 Å². The third-order valence-corrected chi connectivity index (χ3v) is 3.24. The van der Waals surface area contributed by atoms with E-state index in [1.165, 1.54) is 11.3 Å². The van der Waals surface area contributed by atoms with E-state index in [0.717, 1.165) is 13.1 Å². The van der Waals surface area contributed by atoms with Gasteiger partial charge in [0.05, 0.1) is 0 Å². The van der Waals surface area contributed by atoms with Gasteiger partial charge in [0.1, 0.15) is 0 Å². The summed E-state index contributed by atoms with van der Waals surface area (Å²) in [6.45, 7) is 10.3. The van der Waals surface area contributed by atoms with Crippen molar-refractivity contribution in [3.63, 3.8) is 0 Å². The zero-order valence-corrected chi connectivity index (χ0v) is 15.4. The van der Waals surface area contributed by atoms with Gasteiger partial charge in [-0.3, -0.25) is 0 Å². The van der Waals surface area contributed by atoms with Crippen LogP contribution < -0.4 is 39.6 Å². The largest absolute Gasteiger partial charge is 1.00 e. The topological polar surface area (TPSA) is 43.4 Å². The molecule has 0 atom stereocenters. The predicted octanol–water partition coefficient (Wildman–Crippen LogP) is -0.655. The number of rotatable bonds is 6. The molecule has 0 fully saturated rings. The zero-order chi connectivity index (χ0) is 14.5. The van der Waals surface area contributed by atoms with Crippen LogP contribution in [0.4, 0.5) is 5.69 Å². The molecule has 0 N–H and O–H groups in total. The molecule has 0 saturated carbocycles. The van der Waals surface area contributed by atoms with E-state index in [2.05, 4.69) is 50.8 Å². The van der Waals surface area contributed by atoms with Crippen molar-refractivity contribution in [2.24, 2.45) is 0 Å². The first-order chi connectivity index (χ1) is 8.86. The summed E-state index contributed by atoms with van der Waals surface area (Å²) >= 11 is 0. The van der Waals surface area contributed by atoms with Crippen molar-refractivity contribution >= 4 is 11.7 Å². The molecule has 4 heteroatoms. The number of anilines is 1. The fourth-order valence-electron chi connectivity index (χ4n) is 2.25. The van der Waals surface area contributed by atoms with E-state index in [4.69, 9.17) is 0 Å². The molecule has 0 saturated heterocycles. The van der Waals surface area contributed by atoms with Gasteiger partial charge in [-0.2, -0.15) is 0 Å². The normalized spacial score (nSPS) is 10.8. The smallest absolute Gasteiger partial charge is 0.550 e. The first-order valence-corrected chi connectivity index (χ1v) is 6.90. The maximum Gasteiger partial charge on any atom is 1.00 e. The molecule has 1 aromatic carbocycles. The molecule has 0 unspecified atom stereocenters. The molecule has 0 aliphatic carbocycles. The van der Waals surface area contributed by atoms with Crippen molar-refractivity contribution in [3.8, 4) is 0 Å². The Balaban J connectivity index is 0.00000361. The molecule has 106 valence electrons. The first kappa shape index (κ1) is 19.5. The van der Waals surface area contributed by atoms with Crippen LogP contribution in [0.3, 0.4) is 0 Å². The number of carbonyl (C=O) groups excluding carboxylic acids is 1. The summed E-state index contributed by atoms with van der Waals surface area (Å²) in [4.78, 5) is 12.7. The second kappa shape index (κ2) is 8.71. The van der Waals surface area contributed by atoms with Crippen LogP contribution in [0.5, 0.6) is 0 Å². The van der Waals surface area contributed by atoms with Gasteiger partial charge in [-0.25, -0.2) is 0 Å². The molecule has 0 aliphatic heterocycles. The minimum absolute atomic E-state index is 0. The van der Waals surface area contributed by atoms with Crippen molar-refractivity contribution in [2.45, 2.75) is 46.0 Å². The number of hydrogen-bond acceptors (Lipinski definition) is 3. The van der Waals surface area contributed by atoms with Crippen LogP contribution in [0, 0.1) is 0 Å². The molecule has 0 radical (unpaired) electrons. The Kier molecular flexibility index (Phi) is 8.48. The van der Waals surface area contributed by atoms with Crippen LogP contribution >= 0.6 is 0 Å². The van der Waals surface area contributed by atoms with Gasteiger partial charge in [0.2, 0.25) is 0 Å². The molecular formula is C16H24NNaO2. The first-order valence-electron chi connectivity index (χ1n) is 6.90. The van der Waals surface area contributed by atoms with Gasteiger partial charge in [0.25, 0.3) is 0 Å². The average molecular weight is 285 g/mol. The molecular weight excluding hydrogens is 261 g/mol. The predicted molar refractivity (Wildman–Crippen MR) is 77.3 cm³/mol. The number of aliphatic carboxylic acids is 1. The number of carbonyl (C=O) groups is 1. The number of para-hydroxylation sites is 1. The van der Waals surface area contributed by atoms with E-state index < -0.39 is 5.97 Å². The Bertz CT molecular complexity index is 427. The quantitative estimate of drug-likeness (QED) is 0.652. The molecule has 1 aromatic rings. The van der Waals surface area contributed by atoms with Gasteiger partial charge in [0, 0.05) is 24.7 Å². The Morgan fingerprint density at radius 3 is 2.35 bits per heavy atom. The van der Waals surface area contributed by atoms with Crippen molar-refractivity contribution in [1.29, 1.82) is 0 Å². The van der Waals surface area contributed by atoms with Gasteiger partial charge < -0.3 is 14.8 Å². The third kappa shape index (κ3) is 5.86. The number of carboxylic acids is 1. The Hall–Kier alpha value is -0.510. The number of hydrogen-bond donors (Lipinski definition) is 0. The van der Waals surface area contributed by atoms with Gasteiger partial charge in [-0.1, -0.05) is 39.0 Å². The fourth-order valence-corrected chi connectivity index (χ4v) is 2.25. The number of nitrogens with zero attached hydrogens (tertiary/aromatic N) is 1. The Labute approximate surface area is 144 Å². The average Bonchev–Trinajstić information content (AvgIpc) is 2.33. The van der Waals surface area contributed by atoms with Crippen molar-refractivity contribution in [2.75, 3.05) is 18.0 Å². The summed E-state index contributed by atoms with van der Waals surface area (Å²) in [5.41, 5.74) is 2.58. The molecule has 0 aliphatic rings. The Morgan fingerprint density at radius 1 is 1.25 bits per heavy atom. The van der Waals surface area contributed by atoms with E-state index in [1.54, 1.807) is 0 Å². The van der Waals surface area contributed by atoms with Gasteiger partial charge in [-0.15, -0.1) is 0 Å². The summed E-state index contributed by atoms with van der Waals surface area (Å²) in [6.07, 6.45) is 0.739. The summed E-state index contributed by atoms with van der Waals surface area (Å²) in [6, 6.07) is 8.35. The maximum absolute atomic E-state index is 10.5. The molecule has 1 rings (SSSR count). The molecule has 0 heterocycles. The monoisotopic (exact) mass is 285 g/mol. The van der Waals surface area contributed by atoms with Crippen LogP contribution in [-0.2, 0) is 10.2 Å². The zero-order valence-electron chi connectivity index (χ0n) is 13.4. The third-order valence-electron chi connectivity index (χ3n) is 3.24. The number of benzene rings is 1. The van der Waals surface area contributed by atoms with Gasteiger partial charge in [-0.05, 0) is 36.8 Å². The van der Waals surface area contributed by atoms with Crippen LogP contribution in [0.25, 0.3) is 0 Å². The minimum atomic E-state index is -0.972. The summed E-state index contributed by atoms with van der Waals surface area (Å²) in [7, 11) is 0. The van der Waals surface area contributed by atoms with Crippen molar-refractivity contribution in [1.82, 2.24) is 0 Å². The standard InChI is InChI=1S/C16H25NO2.Na/c1-5-17(12-8-11-15(18)19)14-10-7-6-9-13(14)16(2,3)4;/h6-7,9-10H,5,8,11-12H2,1-4H3,(H,18,19);/q;+1/p-1. The van der Waals surface area contributed by atoms with Crippen LogP contribution in [-0.4, -0.2) is 19.1 Å². The Morgan fingerprint density at radius 2 is 1.85 bits per heavy atom. The summed E-state index contributed by atoms with van der Waals surface area (Å²) in [5, 5.41) is 10.5. The van der Waals surface area contributed by atoms with Crippen LogP contribution in [0.2, 0.25) is 0 Å². The molecule has 0 bridgehead atoms. The van der Waals surface area contributed by atoms with Gasteiger partial charge in [0.15, 0.2) is 0 Å². The molecule has 20 heavy (non-hydrogen) atoms. The van der Waals surface area contributed by atoms with Crippen molar-refractivity contribution in [3.05, 3.63) is 29.8 Å². The molecule has 0 amide bonds. The second-order valence-corrected chi connectivity index (χ2v) is 5.82. The van der Waals surface area contributed by atoms with E-state index in [9.17, 15) is 9.90 Å². The molecule has 3 nitrogen and oxygen atoms in total. The van der Waals surface area contributed by atoms with E-state index in [-0.39, 0.29) is 41.4 Å². The van der Waals surface area contributed by atoms with Crippen molar-refractivity contribution < 1.29 is 39.5 Å². The fraction of sp³-hybridized carbons (Fsp3) is 0.562. The maximum atomic E-state index is 10.5. The molecule has 0 aromatic heterocycles.